The number of hydrogen-bond acceptors (Lipinski definition) is 4. The van der Waals surface area contributed by atoms with Crippen molar-refractivity contribution in [3.8, 4) is 16.3 Å². The average molecular weight is 355 g/mol. The molecule has 0 amide bonds. The maximum atomic E-state index is 5.24. The van der Waals surface area contributed by atoms with Gasteiger partial charge in [-0.2, -0.15) is 0 Å². The fourth-order valence-electron chi connectivity index (χ4n) is 1.81. The molecule has 1 aromatic heterocycles. The molecule has 5 heteroatoms. The summed E-state index contributed by atoms with van der Waals surface area (Å²) in [5.74, 6) is 1.50. The SMILES string of the molecule is COc1ccc(-c2ncc(CNCC(C)C)s2)cc1Br. The summed E-state index contributed by atoms with van der Waals surface area (Å²) in [7, 11) is 1.67. The number of thiazole rings is 1. The molecular formula is C15H19BrN2OS. The number of hydrogen-bond donors (Lipinski definition) is 1. The molecule has 0 spiro atoms. The Hall–Kier alpha value is -0.910. The summed E-state index contributed by atoms with van der Waals surface area (Å²) in [4.78, 5) is 5.75. The molecular weight excluding hydrogens is 336 g/mol. The monoisotopic (exact) mass is 354 g/mol. The molecule has 0 radical (unpaired) electrons. The van der Waals surface area contributed by atoms with E-state index in [9.17, 15) is 0 Å². The molecule has 20 heavy (non-hydrogen) atoms. The number of rotatable bonds is 6. The number of aromatic nitrogens is 1. The van der Waals surface area contributed by atoms with Gasteiger partial charge in [-0.05, 0) is 46.6 Å². The van der Waals surface area contributed by atoms with Crippen molar-refractivity contribution in [1.29, 1.82) is 0 Å². The van der Waals surface area contributed by atoms with Gasteiger partial charge in [0.2, 0.25) is 0 Å². The molecule has 0 unspecified atom stereocenters. The molecule has 0 aliphatic heterocycles. The molecule has 0 fully saturated rings. The molecule has 0 saturated carbocycles. The van der Waals surface area contributed by atoms with E-state index in [1.807, 2.05) is 24.4 Å². The van der Waals surface area contributed by atoms with Crippen LogP contribution in [0.3, 0.4) is 0 Å². The van der Waals surface area contributed by atoms with Gasteiger partial charge in [-0.3, -0.25) is 0 Å². The molecule has 0 aliphatic carbocycles. The Labute approximate surface area is 132 Å². The van der Waals surface area contributed by atoms with E-state index in [2.05, 4.69) is 40.1 Å². The van der Waals surface area contributed by atoms with E-state index in [-0.39, 0.29) is 0 Å². The summed E-state index contributed by atoms with van der Waals surface area (Å²) >= 11 is 5.23. The third-order valence-electron chi connectivity index (χ3n) is 2.80. The second-order valence-electron chi connectivity index (χ2n) is 5.01. The minimum atomic E-state index is 0.667. The van der Waals surface area contributed by atoms with E-state index in [0.29, 0.717) is 5.92 Å². The van der Waals surface area contributed by atoms with Crippen LogP contribution in [0.15, 0.2) is 28.9 Å². The smallest absolute Gasteiger partial charge is 0.133 e. The largest absolute Gasteiger partial charge is 0.496 e. The van der Waals surface area contributed by atoms with Gasteiger partial charge in [0.25, 0.3) is 0 Å². The van der Waals surface area contributed by atoms with E-state index in [0.717, 1.165) is 33.9 Å². The summed E-state index contributed by atoms with van der Waals surface area (Å²) in [5.41, 5.74) is 1.11. The van der Waals surface area contributed by atoms with Crippen LogP contribution >= 0.6 is 27.3 Å². The van der Waals surface area contributed by atoms with Crippen LogP contribution in [0.2, 0.25) is 0 Å². The molecule has 2 rings (SSSR count). The molecule has 3 nitrogen and oxygen atoms in total. The minimum absolute atomic E-state index is 0.667. The van der Waals surface area contributed by atoms with Gasteiger partial charge in [0.05, 0.1) is 11.6 Å². The highest BCUT2D eigenvalue weighted by molar-refractivity contribution is 9.10. The first-order chi connectivity index (χ1) is 9.60. The molecule has 1 aromatic carbocycles. The molecule has 0 bridgehead atoms. The summed E-state index contributed by atoms with van der Waals surface area (Å²) < 4.78 is 6.19. The van der Waals surface area contributed by atoms with Gasteiger partial charge in [-0.1, -0.05) is 13.8 Å². The van der Waals surface area contributed by atoms with Gasteiger partial charge in [0.1, 0.15) is 10.8 Å². The quantitative estimate of drug-likeness (QED) is 0.838. The van der Waals surface area contributed by atoms with E-state index in [1.165, 1.54) is 4.88 Å². The van der Waals surface area contributed by atoms with Crippen molar-refractivity contribution in [2.45, 2.75) is 20.4 Å². The van der Waals surface area contributed by atoms with E-state index < -0.39 is 0 Å². The van der Waals surface area contributed by atoms with Gasteiger partial charge in [0, 0.05) is 23.2 Å². The van der Waals surface area contributed by atoms with Gasteiger partial charge in [0.15, 0.2) is 0 Å². The molecule has 1 heterocycles. The van der Waals surface area contributed by atoms with Crippen molar-refractivity contribution in [1.82, 2.24) is 10.3 Å². The van der Waals surface area contributed by atoms with Crippen LogP contribution in [0.5, 0.6) is 5.75 Å². The number of halogens is 1. The maximum Gasteiger partial charge on any atom is 0.133 e. The van der Waals surface area contributed by atoms with E-state index in [1.54, 1.807) is 18.4 Å². The Bertz CT molecular complexity index is 569. The lowest BCUT2D eigenvalue weighted by Gasteiger charge is -2.05. The van der Waals surface area contributed by atoms with Crippen molar-refractivity contribution in [3.63, 3.8) is 0 Å². The van der Waals surface area contributed by atoms with Crippen molar-refractivity contribution < 1.29 is 4.74 Å². The highest BCUT2D eigenvalue weighted by Crippen LogP contribution is 2.32. The van der Waals surface area contributed by atoms with Crippen molar-refractivity contribution in [2.24, 2.45) is 5.92 Å². The van der Waals surface area contributed by atoms with Crippen LogP contribution in [-0.4, -0.2) is 18.6 Å². The molecule has 108 valence electrons. The number of methoxy groups -OCH3 is 1. The van der Waals surface area contributed by atoms with E-state index >= 15 is 0 Å². The highest BCUT2D eigenvalue weighted by Gasteiger charge is 2.08. The topological polar surface area (TPSA) is 34.1 Å². The van der Waals surface area contributed by atoms with Crippen LogP contribution in [0.1, 0.15) is 18.7 Å². The normalized spacial score (nSPS) is 11.1. The summed E-state index contributed by atoms with van der Waals surface area (Å²) in [6.45, 7) is 6.33. The van der Waals surface area contributed by atoms with Crippen LogP contribution in [0.25, 0.3) is 10.6 Å². The molecule has 0 saturated heterocycles. The van der Waals surface area contributed by atoms with Crippen LogP contribution in [0, 0.1) is 5.92 Å². The Morgan fingerprint density at radius 2 is 2.20 bits per heavy atom. The van der Waals surface area contributed by atoms with Gasteiger partial charge in [-0.25, -0.2) is 4.98 Å². The summed E-state index contributed by atoms with van der Waals surface area (Å²) in [6.07, 6.45) is 1.95. The van der Waals surface area contributed by atoms with Crippen molar-refractivity contribution in [3.05, 3.63) is 33.7 Å². The van der Waals surface area contributed by atoms with Gasteiger partial charge < -0.3 is 10.1 Å². The number of ether oxygens (including phenoxy) is 1. The number of nitrogens with one attached hydrogen (secondary N) is 1. The number of benzene rings is 1. The molecule has 2 aromatic rings. The Kier molecular flexibility index (Phi) is 5.57. The van der Waals surface area contributed by atoms with Crippen LogP contribution in [-0.2, 0) is 6.54 Å². The van der Waals surface area contributed by atoms with Crippen LogP contribution in [0.4, 0.5) is 0 Å². The Morgan fingerprint density at radius 3 is 2.85 bits per heavy atom. The first kappa shape index (κ1) is 15.5. The Balaban J connectivity index is 2.06. The van der Waals surface area contributed by atoms with Crippen molar-refractivity contribution >= 4 is 27.3 Å². The van der Waals surface area contributed by atoms with Gasteiger partial charge in [-0.15, -0.1) is 11.3 Å². The lowest BCUT2D eigenvalue weighted by atomic mass is 10.2. The minimum Gasteiger partial charge on any atom is -0.496 e. The van der Waals surface area contributed by atoms with Crippen LogP contribution < -0.4 is 10.1 Å². The fourth-order valence-corrected chi connectivity index (χ4v) is 3.23. The summed E-state index contributed by atoms with van der Waals surface area (Å²) in [6, 6.07) is 6.04. The number of nitrogens with zero attached hydrogens (tertiary/aromatic N) is 1. The zero-order chi connectivity index (χ0) is 14.5. The predicted molar refractivity (Wildman–Crippen MR) is 88.3 cm³/mol. The first-order valence-electron chi connectivity index (χ1n) is 6.59. The maximum absolute atomic E-state index is 5.24. The second-order valence-corrected chi connectivity index (χ2v) is 6.98. The van der Waals surface area contributed by atoms with Crippen molar-refractivity contribution in [2.75, 3.05) is 13.7 Å². The standard InChI is InChI=1S/C15H19BrN2OS/c1-10(2)7-17-8-12-9-18-15(20-12)11-4-5-14(19-3)13(16)6-11/h4-6,9-10,17H,7-8H2,1-3H3. The fraction of sp³-hybridized carbons (Fsp3) is 0.400. The molecule has 0 aliphatic rings. The highest BCUT2D eigenvalue weighted by atomic mass is 79.9. The lowest BCUT2D eigenvalue weighted by Crippen LogP contribution is -2.18. The molecule has 1 N–H and O–H groups in total. The summed E-state index contributed by atoms with van der Waals surface area (Å²) in [5, 5.41) is 4.47. The first-order valence-corrected chi connectivity index (χ1v) is 8.20. The third-order valence-corrected chi connectivity index (χ3v) is 4.47. The average Bonchev–Trinajstić information content (AvgIpc) is 2.87. The second kappa shape index (κ2) is 7.20. The Morgan fingerprint density at radius 1 is 1.40 bits per heavy atom. The van der Waals surface area contributed by atoms with Gasteiger partial charge >= 0.3 is 0 Å². The zero-order valence-electron chi connectivity index (χ0n) is 11.9. The predicted octanol–water partition coefficient (Wildman–Crippen LogP) is 4.33. The zero-order valence-corrected chi connectivity index (χ0v) is 14.3. The lowest BCUT2D eigenvalue weighted by molar-refractivity contribution is 0.412. The third kappa shape index (κ3) is 4.04. The molecule has 0 atom stereocenters. The van der Waals surface area contributed by atoms with E-state index in [4.69, 9.17) is 4.74 Å².